The number of benzene rings is 2. The Bertz CT molecular complexity index is 691. The van der Waals surface area contributed by atoms with Gasteiger partial charge >= 0.3 is 0 Å². The van der Waals surface area contributed by atoms with Gasteiger partial charge in [0.2, 0.25) is 6.29 Å². The number of aliphatic hydroxyl groups excluding tert-OH is 4. The van der Waals surface area contributed by atoms with E-state index in [0.29, 0.717) is 5.75 Å². The minimum absolute atomic E-state index is 0.448. The third-order valence-electron chi connectivity index (χ3n) is 3.87. The minimum Gasteiger partial charge on any atom is -0.462 e. The fourth-order valence-corrected chi connectivity index (χ4v) is 2.95. The molecular weight excluding hydrogens is 368 g/mol. The van der Waals surface area contributed by atoms with E-state index < -0.39 is 37.3 Å². The van der Waals surface area contributed by atoms with Crippen LogP contribution in [0.3, 0.4) is 0 Å². The Hall–Kier alpha value is -1.22. The summed E-state index contributed by atoms with van der Waals surface area (Å²) in [5, 5.41) is 40.6. The fourth-order valence-electron chi connectivity index (χ4n) is 2.57. The number of aliphatic hydroxyl groups is 4. The number of rotatable bonds is 3. The Morgan fingerprint density at radius 2 is 1.65 bits per heavy atom. The molecule has 0 unspecified atom stereocenters. The molecule has 124 valence electrons. The number of hydrogen-bond acceptors (Lipinski definition) is 6. The maximum absolute atomic E-state index is 9.98. The summed E-state index contributed by atoms with van der Waals surface area (Å²) in [5.41, 5.74) is 0. The standard InChI is InChI=1S/C16H17BrO6/c17-10-3-1-9-6-11(4-2-8(9)5-10)22-16-15(21)14(20)13(19)12(7-18)23-16/h1-6,12-16,18-21H,7H2/t12-,13-,14+,15+,16+/m0/s1. The van der Waals surface area contributed by atoms with Gasteiger partial charge < -0.3 is 29.9 Å². The van der Waals surface area contributed by atoms with E-state index in [1.165, 1.54) is 0 Å². The molecule has 7 heteroatoms. The number of hydrogen-bond donors (Lipinski definition) is 4. The van der Waals surface area contributed by atoms with E-state index in [9.17, 15) is 20.4 Å². The normalized spacial score (nSPS) is 31.3. The smallest absolute Gasteiger partial charge is 0.229 e. The van der Waals surface area contributed by atoms with Crippen LogP contribution >= 0.6 is 15.9 Å². The fraction of sp³-hybridized carbons (Fsp3) is 0.375. The van der Waals surface area contributed by atoms with Crippen LogP contribution in [0.4, 0.5) is 0 Å². The average molecular weight is 385 g/mol. The third kappa shape index (κ3) is 3.35. The molecule has 0 spiro atoms. The van der Waals surface area contributed by atoms with E-state index in [2.05, 4.69) is 15.9 Å². The summed E-state index contributed by atoms with van der Waals surface area (Å²) in [4.78, 5) is 0. The number of fused-ring (bicyclic) bond motifs is 1. The van der Waals surface area contributed by atoms with E-state index in [1.807, 2.05) is 24.3 Å². The highest BCUT2D eigenvalue weighted by Gasteiger charge is 2.44. The highest BCUT2D eigenvalue weighted by atomic mass is 79.9. The van der Waals surface area contributed by atoms with Crippen LogP contribution in [0.5, 0.6) is 5.75 Å². The number of halogens is 1. The summed E-state index contributed by atoms with van der Waals surface area (Å²) >= 11 is 3.41. The van der Waals surface area contributed by atoms with E-state index in [1.54, 1.807) is 12.1 Å². The van der Waals surface area contributed by atoms with Crippen LogP contribution < -0.4 is 4.74 Å². The quantitative estimate of drug-likeness (QED) is 0.624. The summed E-state index contributed by atoms with van der Waals surface area (Å²) in [7, 11) is 0. The Kier molecular flexibility index (Phi) is 4.86. The highest BCUT2D eigenvalue weighted by Crippen LogP contribution is 2.28. The van der Waals surface area contributed by atoms with Crippen molar-refractivity contribution in [3.8, 4) is 5.75 Å². The van der Waals surface area contributed by atoms with Gasteiger partial charge in [0.05, 0.1) is 6.61 Å². The summed E-state index contributed by atoms with van der Waals surface area (Å²) in [5.74, 6) is 0.448. The van der Waals surface area contributed by atoms with Crippen LogP contribution in [-0.4, -0.2) is 57.7 Å². The van der Waals surface area contributed by atoms with Crippen LogP contribution in [0.1, 0.15) is 0 Å². The topological polar surface area (TPSA) is 99.4 Å². The molecule has 1 aliphatic rings. The first-order valence-corrected chi connectivity index (χ1v) is 7.95. The van der Waals surface area contributed by atoms with Gasteiger partial charge in [0.15, 0.2) is 0 Å². The molecule has 0 saturated carbocycles. The van der Waals surface area contributed by atoms with Gasteiger partial charge in [0.1, 0.15) is 30.2 Å². The van der Waals surface area contributed by atoms with Crippen molar-refractivity contribution in [2.45, 2.75) is 30.7 Å². The Balaban J connectivity index is 1.81. The summed E-state index contributed by atoms with van der Waals surface area (Å²) in [6.07, 6.45) is -6.45. The molecule has 4 N–H and O–H groups in total. The van der Waals surface area contributed by atoms with Crippen molar-refractivity contribution in [2.75, 3.05) is 6.61 Å². The van der Waals surface area contributed by atoms with Crippen molar-refractivity contribution >= 4 is 26.7 Å². The second-order valence-electron chi connectivity index (χ2n) is 5.47. The van der Waals surface area contributed by atoms with Crippen LogP contribution in [-0.2, 0) is 4.74 Å². The zero-order valence-corrected chi connectivity index (χ0v) is 13.6. The second-order valence-corrected chi connectivity index (χ2v) is 6.38. The molecule has 1 aliphatic heterocycles. The van der Waals surface area contributed by atoms with Gasteiger partial charge in [-0.05, 0) is 35.0 Å². The predicted molar refractivity (Wildman–Crippen MR) is 86.0 cm³/mol. The molecule has 1 heterocycles. The monoisotopic (exact) mass is 384 g/mol. The van der Waals surface area contributed by atoms with Gasteiger partial charge in [-0.15, -0.1) is 0 Å². The molecule has 1 fully saturated rings. The van der Waals surface area contributed by atoms with Crippen LogP contribution in [0.2, 0.25) is 0 Å². The van der Waals surface area contributed by atoms with Gasteiger partial charge in [-0.3, -0.25) is 0 Å². The van der Waals surface area contributed by atoms with E-state index in [0.717, 1.165) is 15.2 Å². The van der Waals surface area contributed by atoms with Crippen molar-refractivity contribution in [2.24, 2.45) is 0 Å². The molecule has 6 nitrogen and oxygen atoms in total. The maximum atomic E-state index is 9.98. The van der Waals surface area contributed by atoms with Gasteiger partial charge in [0, 0.05) is 4.47 Å². The van der Waals surface area contributed by atoms with E-state index in [4.69, 9.17) is 9.47 Å². The molecule has 0 bridgehead atoms. The lowest BCUT2D eigenvalue weighted by atomic mass is 9.99. The molecular formula is C16H17BrO6. The average Bonchev–Trinajstić information content (AvgIpc) is 2.55. The third-order valence-corrected chi connectivity index (χ3v) is 4.37. The summed E-state index contributed by atoms with van der Waals surface area (Å²) in [6, 6.07) is 11.1. The first-order valence-electron chi connectivity index (χ1n) is 7.16. The SMILES string of the molecule is OC[C@@H]1O[C@@H](Oc2ccc3cc(Br)ccc3c2)[C@H](O)[C@H](O)[C@H]1O. The van der Waals surface area contributed by atoms with E-state index >= 15 is 0 Å². The lowest BCUT2D eigenvalue weighted by molar-refractivity contribution is -0.277. The van der Waals surface area contributed by atoms with Gasteiger partial charge in [-0.25, -0.2) is 0 Å². The zero-order chi connectivity index (χ0) is 16.6. The first-order chi connectivity index (χ1) is 11.0. The Morgan fingerprint density at radius 1 is 0.957 bits per heavy atom. The molecule has 0 aromatic heterocycles. The number of ether oxygens (including phenoxy) is 2. The van der Waals surface area contributed by atoms with Crippen molar-refractivity contribution < 1.29 is 29.9 Å². The molecule has 0 radical (unpaired) electrons. The predicted octanol–water partition coefficient (Wildman–Crippen LogP) is 0.781. The second kappa shape index (κ2) is 6.72. The molecule has 2 aromatic carbocycles. The molecule has 2 aromatic rings. The van der Waals surface area contributed by atoms with Crippen molar-refractivity contribution in [3.05, 3.63) is 40.9 Å². The first kappa shape index (κ1) is 16.6. The lowest BCUT2D eigenvalue weighted by Gasteiger charge is -2.39. The van der Waals surface area contributed by atoms with Crippen molar-refractivity contribution in [1.82, 2.24) is 0 Å². The Morgan fingerprint density at radius 3 is 2.39 bits per heavy atom. The van der Waals surface area contributed by atoms with Gasteiger partial charge in [0.25, 0.3) is 0 Å². The highest BCUT2D eigenvalue weighted by molar-refractivity contribution is 9.10. The largest absolute Gasteiger partial charge is 0.462 e. The van der Waals surface area contributed by atoms with Gasteiger partial charge in [-0.1, -0.05) is 28.1 Å². The summed E-state index contributed by atoms with van der Waals surface area (Å²) < 4.78 is 11.9. The Labute approximate surface area is 141 Å². The molecule has 23 heavy (non-hydrogen) atoms. The summed E-state index contributed by atoms with van der Waals surface area (Å²) in [6.45, 7) is -0.490. The molecule has 0 aliphatic carbocycles. The minimum atomic E-state index is -1.46. The van der Waals surface area contributed by atoms with Crippen molar-refractivity contribution in [1.29, 1.82) is 0 Å². The van der Waals surface area contributed by atoms with Crippen molar-refractivity contribution in [3.63, 3.8) is 0 Å². The van der Waals surface area contributed by atoms with Crippen LogP contribution in [0.25, 0.3) is 10.8 Å². The van der Waals surface area contributed by atoms with Crippen LogP contribution in [0.15, 0.2) is 40.9 Å². The lowest BCUT2D eigenvalue weighted by Crippen LogP contribution is -2.60. The maximum Gasteiger partial charge on any atom is 0.229 e. The molecule has 5 atom stereocenters. The van der Waals surface area contributed by atoms with E-state index in [-0.39, 0.29) is 0 Å². The molecule has 0 amide bonds. The van der Waals surface area contributed by atoms with Crippen LogP contribution in [0, 0.1) is 0 Å². The molecule has 1 saturated heterocycles. The zero-order valence-electron chi connectivity index (χ0n) is 12.0. The molecule has 3 rings (SSSR count). The van der Waals surface area contributed by atoms with Gasteiger partial charge in [-0.2, -0.15) is 0 Å².